The fourth-order valence-electron chi connectivity index (χ4n) is 1.45. The lowest BCUT2D eigenvalue weighted by Gasteiger charge is -2.03. The molecule has 0 aliphatic carbocycles. The molecule has 0 aliphatic rings. The number of halogens is 1. The molecule has 1 heterocycles. The Morgan fingerprint density at radius 2 is 2.00 bits per heavy atom. The summed E-state index contributed by atoms with van der Waals surface area (Å²) in [6.07, 6.45) is 0.743. The van der Waals surface area contributed by atoms with Gasteiger partial charge in [0, 0.05) is 17.0 Å². The van der Waals surface area contributed by atoms with Gasteiger partial charge in [0.1, 0.15) is 6.07 Å². The zero-order valence-electron chi connectivity index (χ0n) is 8.51. The summed E-state index contributed by atoms with van der Waals surface area (Å²) in [7, 11) is 0. The third-order valence-electron chi connectivity index (χ3n) is 2.27. The van der Waals surface area contributed by atoms with Crippen LogP contribution in [-0.2, 0) is 6.42 Å². The number of hydrogen-bond acceptors (Lipinski definition) is 3. The van der Waals surface area contributed by atoms with Gasteiger partial charge in [-0.3, -0.25) is 0 Å². The van der Waals surface area contributed by atoms with E-state index >= 15 is 0 Å². The Kier molecular flexibility index (Phi) is 4.36. The van der Waals surface area contributed by atoms with Gasteiger partial charge in [0.25, 0.3) is 0 Å². The number of anilines is 1. The zero-order valence-corrected chi connectivity index (χ0v) is 10.1. The van der Waals surface area contributed by atoms with Crippen molar-refractivity contribution >= 4 is 29.4 Å². The first kappa shape index (κ1) is 12.6. The molecule has 0 spiro atoms. The molecular weight excluding hydrogens is 240 g/mol. The van der Waals surface area contributed by atoms with Gasteiger partial charge in [0.15, 0.2) is 0 Å². The number of nitriles is 1. The van der Waals surface area contributed by atoms with Gasteiger partial charge in [-0.1, -0.05) is 18.2 Å². The Bertz CT molecular complexity index is 514. The van der Waals surface area contributed by atoms with E-state index in [9.17, 15) is 0 Å². The van der Waals surface area contributed by atoms with Crippen LogP contribution >= 0.6 is 23.7 Å². The number of rotatable bonds is 2. The molecule has 2 nitrogen and oxygen atoms in total. The van der Waals surface area contributed by atoms with E-state index in [0.717, 1.165) is 28.1 Å². The first-order chi connectivity index (χ1) is 7.31. The Morgan fingerprint density at radius 1 is 1.25 bits per heavy atom. The number of nitrogen functional groups attached to an aromatic ring is 1. The highest BCUT2D eigenvalue weighted by molar-refractivity contribution is 7.10. The number of nitrogens with zero attached hydrogens (tertiary/aromatic N) is 1. The molecule has 2 N–H and O–H groups in total. The van der Waals surface area contributed by atoms with Crippen molar-refractivity contribution in [3.63, 3.8) is 0 Å². The van der Waals surface area contributed by atoms with Crippen molar-refractivity contribution in [1.29, 1.82) is 5.26 Å². The minimum Gasteiger partial charge on any atom is -0.398 e. The van der Waals surface area contributed by atoms with Gasteiger partial charge >= 0.3 is 0 Å². The predicted octanol–water partition coefficient (Wildman–Crippen LogP) is 3.21. The molecule has 2 rings (SSSR count). The molecule has 0 unspecified atom stereocenters. The SMILES string of the molecule is Cl.N#Cc1ccsc1Cc1ccccc1N. The van der Waals surface area contributed by atoms with E-state index in [1.165, 1.54) is 0 Å². The molecule has 1 aromatic carbocycles. The van der Waals surface area contributed by atoms with E-state index in [1.807, 2.05) is 35.7 Å². The van der Waals surface area contributed by atoms with Crippen molar-refractivity contribution in [2.45, 2.75) is 6.42 Å². The van der Waals surface area contributed by atoms with Gasteiger partial charge in [-0.05, 0) is 23.1 Å². The molecule has 16 heavy (non-hydrogen) atoms. The van der Waals surface area contributed by atoms with Crippen molar-refractivity contribution in [2.75, 3.05) is 5.73 Å². The summed E-state index contributed by atoms with van der Waals surface area (Å²) in [5.74, 6) is 0. The van der Waals surface area contributed by atoms with Gasteiger partial charge in [0.05, 0.1) is 5.56 Å². The topological polar surface area (TPSA) is 49.8 Å². The molecule has 2 aromatic rings. The van der Waals surface area contributed by atoms with E-state index in [1.54, 1.807) is 11.3 Å². The number of thiophene rings is 1. The normalized spacial score (nSPS) is 9.19. The quantitative estimate of drug-likeness (QED) is 0.832. The molecule has 82 valence electrons. The van der Waals surface area contributed by atoms with Crippen LogP contribution in [0.25, 0.3) is 0 Å². The molecule has 1 aromatic heterocycles. The van der Waals surface area contributed by atoms with Crippen molar-refractivity contribution < 1.29 is 0 Å². The lowest BCUT2D eigenvalue weighted by atomic mass is 10.1. The van der Waals surface area contributed by atoms with Gasteiger partial charge in [-0.15, -0.1) is 23.7 Å². The van der Waals surface area contributed by atoms with Crippen LogP contribution in [0.1, 0.15) is 16.0 Å². The molecule has 0 fully saturated rings. The van der Waals surface area contributed by atoms with E-state index in [0.29, 0.717) is 0 Å². The number of para-hydroxylation sites is 1. The maximum atomic E-state index is 8.88. The molecule has 0 bridgehead atoms. The highest BCUT2D eigenvalue weighted by Crippen LogP contribution is 2.22. The van der Waals surface area contributed by atoms with E-state index < -0.39 is 0 Å². The monoisotopic (exact) mass is 250 g/mol. The molecule has 0 atom stereocenters. The summed E-state index contributed by atoms with van der Waals surface area (Å²) in [5.41, 5.74) is 8.47. The average molecular weight is 251 g/mol. The smallest absolute Gasteiger partial charge is 0.100 e. The summed E-state index contributed by atoms with van der Waals surface area (Å²) in [5, 5.41) is 10.8. The van der Waals surface area contributed by atoms with Gasteiger partial charge in [-0.2, -0.15) is 5.26 Å². The summed E-state index contributed by atoms with van der Waals surface area (Å²) in [4.78, 5) is 1.08. The molecule has 0 amide bonds. The second-order valence-electron chi connectivity index (χ2n) is 3.24. The molecule has 0 saturated carbocycles. The molecular formula is C12H11ClN2S. The third-order valence-corrected chi connectivity index (χ3v) is 3.19. The van der Waals surface area contributed by atoms with Gasteiger partial charge in [0.2, 0.25) is 0 Å². The van der Waals surface area contributed by atoms with Crippen LogP contribution in [0.5, 0.6) is 0 Å². The maximum absolute atomic E-state index is 8.88. The standard InChI is InChI=1S/C12H10N2S.ClH/c13-8-10-5-6-15-12(10)7-9-3-1-2-4-11(9)14;/h1-6H,7,14H2;1H. The number of hydrogen-bond donors (Lipinski definition) is 1. The van der Waals surface area contributed by atoms with E-state index in [2.05, 4.69) is 6.07 Å². The van der Waals surface area contributed by atoms with Crippen molar-refractivity contribution in [3.05, 3.63) is 51.7 Å². The summed E-state index contributed by atoms with van der Waals surface area (Å²) < 4.78 is 0. The second-order valence-corrected chi connectivity index (χ2v) is 4.25. The molecule has 0 saturated heterocycles. The molecule has 4 heteroatoms. The maximum Gasteiger partial charge on any atom is 0.100 e. The van der Waals surface area contributed by atoms with Crippen molar-refractivity contribution in [3.8, 4) is 6.07 Å². The fraction of sp³-hybridized carbons (Fsp3) is 0.0833. The van der Waals surface area contributed by atoms with Crippen LogP contribution in [0.3, 0.4) is 0 Å². The highest BCUT2D eigenvalue weighted by atomic mass is 35.5. The van der Waals surface area contributed by atoms with Crippen molar-refractivity contribution in [1.82, 2.24) is 0 Å². The zero-order chi connectivity index (χ0) is 10.7. The number of benzene rings is 1. The third kappa shape index (κ3) is 2.54. The van der Waals surface area contributed by atoms with Crippen LogP contribution in [0, 0.1) is 11.3 Å². The van der Waals surface area contributed by atoms with Crippen LogP contribution in [0.15, 0.2) is 35.7 Å². The Morgan fingerprint density at radius 3 is 2.69 bits per heavy atom. The van der Waals surface area contributed by atoms with Gasteiger partial charge < -0.3 is 5.73 Å². The largest absolute Gasteiger partial charge is 0.398 e. The summed E-state index contributed by atoms with van der Waals surface area (Å²) >= 11 is 1.60. The Hall–Kier alpha value is -1.50. The number of nitrogens with two attached hydrogens (primary N) is 1. The first-order valence-corrected chi connectivity index (χ1v) is 5.49. The summed E-state index contributed by atoms with van der Waals surface area (Å²) in [6.45, 7) is 0. The van der Waals surface area contributed by atoms with Crippen LogP contribution in [-0.4, -0.2) is 0 Å². The van der Waals surface area contributed by atoms with Crippen LogP contribution in [0.4, 0.5) is 5.69 Å². The lowest BCUT2D eigenvalue weighted by Crippen LogP contribution is -1.94. The van der Waals surface area contributed by atoms with Crippen LogP contribution < -0.4 is 5.73 Å². The highest BCUT2D eigenvalue weighted by Gasteiger charge is 2.06. The van der Waals surface area contributed by atoms with Crippen molar-refractivity contribution in [2.24, 2.45) is 0 Å². The molecule has 0 aliphatic heterocycles. The fourth-order valence-corrected chi connectivity index (χ4v) is 2.29. The predicted molar refractivity (Wildman–Crippen MR) is 69.9 cm³/mol. The molecule has 0 radical (unpaired) electrons. The Labute approximate surface area is 105 Å². The summed E-state index contributed by atoms with van der Waals surface area (Å²) in [6, 6.07) is 11.8. The van der Waals surface area contributed by atoms with Gasteiger partial charge in [-0.25, -0.2) is 0 Å². The Balaban J connectivity index is 0.00000128. The lowest BCUT2D eigenvalue weighted by molar-refractivity contribution is 1.23. The first-order valence-electron chi connectivity index (χ1n) is 4.61. The second kappa shape index (κ2) is 5.55. The van der Waals surface area contributed by atoms with E-state index in [4.69, 9.17) is 11.0 Å². The minimum absolute atomic E-state index is 0. The average Bonchev–Trinajstić information content (AvgIpc) is 2.69. The van der Waals surface area contributed by atoms with E-state index in [-0.39, 0.29) is 12.4 Å². The van der Waals surface area contributed by atoms with Crippen LogP contribution in [0.2, 0.25) is 0 Å². The minimum atomic E-state index is 0.